The Bertz CT molecular complexity index is 2680. The number of hydrogen-bond donors (Lipinski definition) is 0. The number of nitrogens with zero attached hydrogens (tertiary/aromatic N) is 2. The van der Waals surface area contributed by atoms with Gasteiger partial charge in [-0.25, -0.2) is 4.98 Å². The standard InChI is InChI=1S/C39H24N2O/c1-2-13-25(14-3-1)39-40-32-21-9-10-22-33(32)41(39)38-28-17-6-4-15-26(28)36(27-16-5-7-18-29(27)38)31-20-12-24-35-37(31)30-19-8-11-23-34(30)42-35/h1-24H/i1D,2D,3D,13D,14D. The molecule has 0 radical (unpaired) electrons. The quantitative estimate of drug-likeness (QED) is 0.208. The zero-order chi connectivity index (χ0) is 32.0. The average molecular weight is 542 g/mol. The van der Waals surface area contributed by atoms with Crippen molar-refractivity contribution in [2.45, 2.75) is 0 Å². The lowest BCUT2D eigenvalue weighted by Crippen LogP contribution is -2.01. The van der Waals surface area contributed by atoms with Gasteiger partial charge < -0.3 is 4.42 Å². The van der Waals surface area contributed by atoms with E-state index in [1.165, 1.54) is 0 Å². The Morgan fingerprint density at radius 2 is 1.19 bits per heavy atom. The number of aromatic nitrogens is 2. The number of hydrogen-bond acceptors (Lipinski definition) is 2. The molecule has 9 rings (SSSR count). The average Bonchev–Trinajstić information content (AvgIpc) is 3.67. The molecule has 0 bridgehead atoms. The summed E-state index contributed by atoms with van der Waals surface area (Å²) >= 11 is 0. The number of benzene rings is 7. The van der Waals surface area contributed by atoms with Crippen LogP contribution in [0.1, 0.15) is 6.85 Å². The molecule has 3 heteroatoms. The second-order valence-electron chi connectivity index (χ2n) is 10.4. The molecule has 0 amide bonds. The predicted molar refractivity (Wildman–Crippen MR) is 174 cm³/mol. The fourth-order valence-corrected chi connectivity index (χ4v) is 6.40. The molecule has 196 valence electrons. The van der Waals surface area contributed by atoms with Gasteiger partial charge in [0, 0.05) is 27.1 Å². The van der Waals surface area contributed by atoms with Gasteiger partial charge in [-0.3, -0.25) is 4.57 Å². The highest BCUT2D eigenvalue weighted by Gasteiger charge is 2.23. The first-order valence-electron chi connectivity index (χ1n) is 16.3. The summed E-state index contributed by atoms with van der Waals surface area (Å²) in [6, 6.07) is 36.5. The van der Waals surface area contributed by atoms with E-state index in [4.69, 9.17) is 16.3 Å². The SMILES string of the molecule is [2H]c1c([2H])c([2H])c(-c2nc3ccccc3n2-c2c3ccccc3c(-c3cccc4oc5ccccc5c34)c3ccccc23)c([2H])c1[2H]. The third kappa shape index (κ3) is 3.25. The topological polar surface area (TPSA) is 31.0 Å². The van der Waals surface area contributed by atoms with Crippen LogP contribution in [0.2, 0.25) is 0 Å². The molecule has 2 heterocycles. The van der Waals surface area contributed by atoms with Crippen LogP contribution in [0.15, 0.2) is 150 Å². The highest BCUT2D eigenvalue weighted by atomic mass is 16.3. The van der Waals surface area contributed by atoms with Gasteiger partial charge in [0.15, 0.2) is 0 Å². The normalized spacial score (nSPS) is 13.5. The Morgan fingerprint density at radius 1 is 0.571 bits per heavy atom. The van der Waals surface area contributed by atoms with Crippen LogP contribution in [0.3, 0.4) is 0 Å². The van der Waals surface area contributed by atoms with Crippen LogP contribution in [0.4, 0.5) is 0 Å². The molecule has 0 aliphatic heterocycles. The molecule has 0 aliphatic rings. The van der Waals surface area contributed by atoms with Gasteiger partial charge in [-0.05, 0) is 46.2 Å². The van der Waals surface area contributed by atoms with E-state index in [-0.39, 0.29) is 23.5 Å². The summed E-state index contributed by atoms with van der Waals surface area (Å²) in [4.78, 5) is 4.94. The van der Waals surface area contributed by atoms with Crippen molar-refractivity contribution in [3.05, 3.63) is 145 Å². The Kier molecular flexibility index (Phi) is 3.96. The van der Waals surface area contributed by atoms with Gasteiger partial charge in [0.25, 0.3) is 0 Å². The second-order valence-corrected chi connectivity index (χ2v) is 10.4. The molecular formula is C39H24N2O. The minimum atomic E-state index is -0.437. The molecule has 0 unspecified atom stereocenters. The Hall–Kier alpha value is -5.67. The molecule has 2 aromatic heterocycles. The van der Waals surface area contributed by atoms with Crippen LogP contribution in [0.5, 0.6) is 0 Å². The molecule has 0 atom stereocenters. The van der Waals surface area contributed by atoms with Crippen LogP contribution in [0.25, 0.3) is 82.7 Å². The van der Waals surface area contributed by atoms with Gasteiger partial charge in [0.05, 0.1) is 23.6 Å². The lowest BCUT2D eigenvalue weighted by atomic mass is 9.88. The molecule has 3 nitrogen and oxygen atoms in total. The molecule has 42 heavy (non-hydrogen) atoms. The van der Waals surface area contributed by atoms with Crippen molar-refractivity contribution in [2.24, 2.45) is 0 Å². The van der Waals surface area contributed by atoms with Gasteiger partial charge in [0.1, 0.15) is 17.0 Å². The van der Waals surface area contributed by atoms with Gasteiger partial charge in [0.2, 0.25) is 0 Å². The first-order valence-corrected chi connectivity index (χ1v) is 13.8. The lowest BCUT2D eigenvalue weighted by molar-refractivity contribution is 0.669. The molecule has 0 spiro atoms. The molecule has 0 fully saturated rings. The van der Waals surface area contributed by atoms with Crippen molar-refractivity contribution in [1.29, 1.82) is 0 Å². The summed E-state index contributed by atoms with van der Waals surface area (Å²) in [7, 11) is 0. The van der Waals surface area contributed by atoms with E-state index in [9.17, 15) is 0 Å². The maximum absolute atomic E-state index is 8.87. The van der Waals surface area contributed by atoms with E-state index >= 15 is 0 Å². The summed E-state index contributed by atoms with van der Waals surface area (Å²) in [5.74, 6) is 0.286. The summed E-state index contributed by atoms with van der Waals surface area (Å²) < 4.78 is 51.1. The zero-order valence-electron chi connectivity index (χ0n) is 27.3. The van der Waals surface area contributed by atoms with Crippen LogP contribution in [0, 0.1) is 0 Å². The summed E-state index contributed by atoms with van der Waals surface area (Å²) in [6.07, 6.45) is 0. The number of furan rings is 1. The maximum Gasteiger partial charge on any atom is 0.145 e. The lowest BCUT2D eigenvalue weighted by Gasteiger charge is -2.20. The smallest absolute Gasteiger partial charge is 0.145 e. The van der Waals surface area contributed by atoms with Crippen molar-refractivity contribution in [3.8, 4) is 28.2 Å². The molecular weight excluding hydrogens is 512 g/mol. The highest BCUT2D eigenvalue weighted by Crippen LogP contribution is 2.46. The highest BCUT2D eigenvalue weighted by molar-refractivity contribution is 6.24. The van der Waals surface area contributed by atoms with Gasteiger partial charge in [-0.15, -0.1) is 0 Å². The van der Waals surface area contributed by atoms with Gasteiger partial charge in [-0.1, -0.05) is 121 Å². The summed E-state index contributed by atoms with van der Waals surface area (Å²) in [5, 5.41) is 5.96. The van der Waals surface area contributed by atoms with E-state index in [0.717, 1.165) is 65.8 Å². The predicted octanol–water partition coefficient (Wildman–Crippen LogP) is 10.6. The van der Waals surface area contributed by atoms with Crippen LogP contribution in [-0.2, 0) is 0 Å². The van der Waals surface area contributed by atoms with E-state index in [1.807, 2.05) is 83.4 Å². The van der Waals surface area contributed by atoms with E-state index < -0.39 is 18.1 Å². The monoisotopic (exact) mass is 541 g/mol. The second kappa shape index (κ2) is 8.92. The van der Waals surface area contributed by atoms with E-state index in [2.05, 4.69) is 36.4 Å². The Labute approximate surface area is 248 Å². The molecule has 7 aromatic carbocycles. The fraction of sp³-hybridized carbons (Fsp3) is 0. The molecule has 0 saturated carbocycles. The summed E-state index contributed by atoms with van der Waals surface area (Å²) in [6.45, 7) is 0. The molecule has 0 saturated heterocycles. The first-order chi connectivity index (χ1) is 22.9. The van der Waals surface area contributed by atoms with Gasteiger partial charge in [-0.2, -0.15) is 0 Å². The van der Waals surface area contributed by atoms with Gasteiger partial charge >= 0.3 is 0 Å². The third-order valence-corrected chi connectivity index (χ3v) is 8.08. The van der Waals surface area contributed by atoms with Crippen molar-refractivity contribution in [2.75, 3.05) is 0 Å². The van der Waals surface area contributed by atoms with Crippen molar-refractivity contribution >= 4 is 54.5 Å². The molecule has 0 N–H and O–H groups in total. The number of imidazole rings is 1. The Morgan fingerprint density at radius 3 is 1.95 bits per heavy atom. The fourth-order valence-electron chi connectivity index (χ4n) is 6.40. The molecule has 0 aliphatic carbocycles. The summed E-state index contributed by atoms with van der Waals surface area (Å²) in [5.41, 5.74) is 6.04. The Balaban J connectivity index is 1.48. The van der Waals surface area contributed by atoms with E-state index in [1.54, 1.807) is 0 Å². The van der Waals surface area contributed by atoms with Crippen LogP contribution < -0.4 is 0 Å². The first kappa shape index (κ1) is 18.6. The largest absolute Gasteiger partial charge is 0.456 e. The van der Waals surface area contributed by atoms with Crippen molar-refractivity contribution in [1.82, 2.24) is 9.55 Å². The maximum atomic E-state index is 8.87. The number of fused-ring (bicyclic) bond motifs is 6. The van der Waals surface area contributed by atoms with Crippen molar-refractivity contribution in [3.63, 3.8) is 0 Å². The number of para-hydroxylation sites is 3. The zero-order valence-corrected chi connectivity index (χ0v) is 22.3. The molecule has 9 aromatic rings. The van der Waals surface area contributed by atoms with Crippen molar-refractivity contribution < 1.29 is 11.3 Å². The minimum Gasteiger partial charge on any atom is -0.456 e. The van der Waals surface area contributed by atoms with Crippen LogP contribution >= 0.6 is 0 Å². The third-order valence-electron chi connectivity index (χ3n) is 8.08. The number of rotatable bonds is 3. The minimum absolute atomic E-state index is 0.0547. The van der Waals surface area contributed by atoms with Crippen LogP contribution in [-0.4, -0.2) is 9.55 Å². The van der Waals surface area contributed by atoms with E-state index in [0.29, 0.717) is 5.52 Å².